The second kappa shape index (κ2) is 7.42. The number of allylic oxidation sites excluding steroid dienone is 1. The fraction of sp³-hybridized carbons (Fsp3) is 0.350. The smallest absolute Gasteiger partial charge is 0.126 e. The summed E-state index contributed by atoms with van der Waals surface area (Å²) in [6, 6.07) is 13.5. The maximum Gasteiger partial charge on any atom is 0.126 e. The Balaban J connectivity index is 1.51. The summed E-state index contributed by atoms with van der Waals surface area (Å²) in [5, 5.41) is 3.56. The number of hydrogen-bond donors (Lipinski definition) is 1. The van der Waals surface area contributed by atoms with Gasteiger partial charge in [0.15, 0.2) is 0 Å². The second-order valence-electron chi connectivity index (χ2n) is 6.40. The summed E-state index contributed by atoms with van der Waals surface area (Å²) < 4.78 is 0. The lowest BCUT2D eigenvalue weighted by Gasteiger charge is -2.17. The van der Waals surface area contributed by atoms with Crippen molar-refractivity contribution >= 4 is 5.82 Å². The number of hydrogen-bond acceptors (Lipinski definition) is 3. The van der Waals surface area contributed by atoms with E-state index >= 15 is 0 Å². The summed E-state index contributed by atoms with van der Waals surface area (Å²) in [7, 11) is 0. The summed E-state index contributed by atoms with van der Waals surface area (Å²) in [4.78, 5) is 7.01. The molecule has 0 unspecified atom stereocenters. The van der Waals surface area contributed by atoms with Crippen LogP contribution in [0.15, 0.2) is 55.3 Å². The average molecular weight is 307 g/mol. The van der Waals surface area contributed by atoms with Crippen LogP contribution in [0.3, 0.4) is 0 Å². The fourth-order valence-corrected chi connectivity index (χ4v) is 3.05. The topological polar surface area (TPSA) is 28.2 Å². The number of likely N-dealkylation sites (tertiary alicyclic amines) is 1. The van der Waals surface area contributed by atoms with E-state index < -0.39 is 0 Å². The number of aryl methyl sites for hydroxylation is 1. The van der Waals surface area contributed by atoms with Crippen molar-refractivity contribution in [3.63, 3.8) is 0 Å². The molecule has 1 aromatic heterocycles. The van der Waals surface area contributed by atoms with Crippen molar-refractivity contribution in [1.29, 1.82) is 0 Å². The van der Waals surface area contributed by atoms with E-state index in [1.165, 1.54) is 23.1 Å². The third-order valence-electron chi connectivity index (χ3n) is 4.36. The van der Waals surface area contributed by atoms with Crippen molar-refractivity contribution in [1.82, 2.24) is 9.88 Å². The van der Waals surface area contributed by atoms with Crippen molar-refractivity contribution < 1.29 is 0 Å². The summed E-state index contributed by atoms with van der Waals surface area (Å²) in [5.74, 6) is 0.972. The van der Waals surface area contributed by atoms with E-state index in [1.807, 2.05) is 12.3 Å². The van der Waals surface area contributed by atoms with Gasteiger partial charge >= 0.3 is 0 Å². The van der Waals surface area contributed by atoms with Gasteiger partial charge in [-0.15, -0.1) is 6.58 Å². The first-order valence-electron chi connectivity index (χ1n) is 8.33. The van der Waals surface area contributed by atoms with Gasteiger partial charge in [-0.1, -0.05) is 42.0 Å². The van der Waals surface area contributed by atoms with E-state index in [0.29, 0.717) is 6.04 Å². The number of aromatic nitrogens is 1. The van der Waals surface area contributed by atoms with Gasteiger partial charge in [-0.2, -0.15) is 0 Å². The number of anilines is 1. The highest BCUT2D eigenvalue weighted by Crippen LogP contribution is 2.17. The van der Waals surface area contributed by atoms with Crippen LogP contribution in [0.25, 0.3) is 0 Å². The zero-order valence-electron chi connectivity index (χ0n) is 13.8. The Hall–Kier alpha value is -2.13. The molecular formula is C20H25N3. The lowest BCUT2D eigenvalue weighted by molar-refractivity contribution is 0.328. The largest absolute Gasteiger partial charge is 0.366 e. The van der Waals surface area contributed by atoms with E-state index in [-0.39, 0.29) is 0 Å². The van der Waals surface area contributed by atoms with Crippen LogP contribution >= 0.6 is 0 Å². The first kappa shape index (κ1) is 15.8. The van der Waals surface area contributed by atoms with Crippen molar-refractivity contribution in [3.05, 3.63) is 71.9 Å². The lowest BCUT2D eigenvalue weighted by Crippen LogP contribution is -2.26. The van der Waals surface area contributed by atoms with E-state index in [0.717, 1.165) is 31.9 Å². The normalized spacial score (nSPS) is 18.0. The predicted molar refractivity (Wildman–Crippen MR) is 96.6 cm³/mol. The molecule has 3 heteroatoms. The maximum absolute atomic E-state index is 4.50. The Morgan fingerprint density at radius 1 is 1.22 bits per heavy atom. The molecule has 1 atom stereocenters. The Morgan fingerprint density at radius 3 is 2.70 bits per heavy atom. The van der Waals surface area contributed by atoms with Crippen LogP contribution in [0, 0.1) is 6.92 Å². The molecular weight excluding hydrogens is 282 g/mol. The summed E-state index contributed by atoms with van der Waals surface area (Å²) in [5.41, 5.74) is 3.92. The van der Waals surface area contributed by atoms with Gasteiger partial charge in [0.2, 0.25) is 0 Å². The van der Waals surface area contributed by atoms with Crippen LogP contribution in [0.4, 0.5) is 5.82 Å². The Kier molecular flexibility index (Phi) is 5.09. The predicted octanol–water partition coefficient (Wildman–Crippen LogP) is 3.80. The van der Waals surface area contributed by atoms with Crippen LogP contribution in [0.1, 0.15) is 23.1 Å². The minimum absolute atomic E-state index is 0.484. The van der Waals surface area contributed by atoms with Crippen molar-refractivity contribution in [2.75, 3.05) is 18.4 Å². The van der Waals surface area contributed by atoms with Gasteiger partial charge in [0, 0.05) is 31.9 Å². The molecule has 1 aromatic carbocycles. The summed E-state index contributed by atoms with van der Waals surface area (Å²) >= 11 is 0. The van der Waals surface area contributed by atoms with Gasteiger partial charge in [0.1, 0.15) is 5.82 Å². The Bertz CT molecular complexity index is 631. The van der Waals surface area contributed by atoms with E-state index in [9.17, 15) is 0 Å². The molecule has 0 amide bonds. The van der Waals surface area contributed by atoms with E-state index in [2.05, 4.69) is 65.1 Å². The molecule has 0 aliphatic carbocycles. The minimum Gasteiger partial charge on any atom is -0.366 e. The van der Waals surface area contributed by atoms with Crippen LogP contribution in [-0.4, -0.2) is 29.0 Å². The first-order chi connectivity index (χ1) is 11.2. The molecule has 1 N–H and O–H groups in total. The molecule has 1 aliphatic rings. The van der Waals surface area contributed by atoms with Gasteiger partial charge in [0.25, 0.3) is 0 Å². The van der Waals surface area contributed by atoms with Crippen molar-refractivity contribution in [2.45, 2.75) is 32.4 Å². The lowest BCUT2D eigenvalue weighted by atomic mass is 10.1. The molecule has 1 aliphatic heterocycles. The van der Waals surface area contributed by atoms with Crippen LogP contribution in [0.2, 0.25) is 0 Å². The molecule has 120 valence electrons. The number of benzene rings is 1. The molecule has 0 bridgehead atoms. The molecule has 1 fully saturated rings. The SMILES string of the molecule is C=CCc1ccc(N[C@@H]2CCN(Cc3ccc(C)cc3)C2)nc1. The Morgan fingerprint density at radius 2 is 2.00 bits per heavy atom. The molecule has 23 heavy (non-hydrogen) atoms. The highest BCUT2D eigenvalue weighted by Gasteiger charge is 2.22. The monoisotopic (exact) mass is 307 g/mol. The summed E-state index contributed by atoms with van der Waals surface area (Å²) in [6.07, 6.45) is 5.88. The van der Waals surface area contributed by atoms with Crippen LogP contribution in [0.5, 0.6) is 0 Å². The second-order valence-corrected chi connectivity index (χ2v) is 6.40. The molecule has 3 nitrogen and oxygen atoms in total. The van der Waals surface area contributed by atoms with Crippen LogP contribution < -0.4 is 5.32 Å². The van der Waals surface area contributed by atoms with Gasteiger partial charge < -0.3 is 5.32 Å². The van der Waals surface area contributed by atoms with E-state index in [1.54, 1.807) is 0 Å². The van der Waals surface area contributed by atoms with Crippen LogP contribution in [-0.2, 0) is 13.0 Å². The molecule has 0 saturated carbocycles. The number of pyridine rings is 1. The van der Waals surface area contributed by atoms with Gasteiger partial charge in [-0.05, 0) is 37.0 Å². The van der Waals surface area contributed by atoms with Gasteiger partial charge in [-0.25, -0.2) is 4.98 Å². The third kappa shape index (κ3) is 4.42. The third-order valence-corrected chi connectivity index (χ3v) is 4.36. The number of nitrogens with one attached hydrogen (secondary N) is 1. The number of nitrogens with zero attached hydrogens (tertiary/aromatic N) is 2. The summed E-state index contributed by atoms with van der Waals surface area (Å²) in [6.45, 7) is 9.14. The zero-order chi connectivity index (χ0) is 16.1. The first-order valence-corrected chi connectivity index (χ1v) is 8.33. The van der Waals surface area contributed by atoms with Gasteiger partial charge in [-0.3, -0.25) is 4.90 Å². The highest BCUT2D eigenvalue weighted by molar-refractivity contribution is 5.37. The maximum atomic E-state index is 4.50. The van der Waals surface area contributed by atoms with Gasteiger partial charge in [0.05, 0.1) is 0 Å². The zero-order valence-corrected chi connectivity index (χ0v) is 13.8. The molecule has 3 rings (SSSR count). The minimum atomic E-state index is 0.484. The van der Waals surface area contributed by atoms with Crippen molar-refractivity contribution in [3.8, 4) is 0 Å². The van der Waals surface area contributed by atoms with Crippen molar-refractivity contribution in [2.24, 2.45) is 0 Å². The average Bonchev–Trinajstić information content (AvgIpc) is 2.99. The molecule has 2 aromatic rings. The van der Waals surface area contributed by atoms with E-state index in [4.69, 9.17) is 0 Å². The quantitative estimate of drug-likeness (QED) is 0.823. The molecule has 0 radical (unpaired) electrons. The number of rotatable bonds is 6. The molecule has 1 saturated heterocycles. The Labute approximate surface area is 139 Å². The standard InChI is InChI=1S/C20H25N3/c1-3-4-17-9-10-20(21-13-17)22-19-11-12-23(15-19)14-18-7-5-16(2)6-8-18/h3,5-10,13,19H,1,4,11-12,14-15H2,2H3,(H,21,22)/t19-/m1/s1. The molecule has 2 heterocycles. The highest BCUT2D eigenvalue weighted by atomic mass is 15.2. The fourth-order valence-electron chi connectivity index (χ4n) is 3.05. The molecule has 0 spiro atoms.